The van der Waals surface area contributed by atoms with E-state index in [9.17, 15) is 4.79 Å². The molecule has 3 heterocycles. The third kappa shape index (κ3) is 4.58. The molecule has 1 spiro atoms. The summed E-state index contributed by atoms with van der Waals surface area (Å²) in [5, 5.41) is 0.685. The van der Waals surface area contributed by atoms with Gasteiger partial charge in [-0.15, -0.1) is 0 Å². The summed E-state index contributed by atoms with van der Waals surface area (Å²) in [6.45, 7) is 1.46. The Morgan fingerprint density at radius 3 is 2.57 bits per heavy atom. The maximum Gasteiger partial charge on any atom is 0.373 e. The van der Waals surface area contributed by atoms with Crippen molar-refractivity contribution in [1.29, 1.82) is 0 Å². The maximum atomic E-state index is 12.5. The van der Waals surface area contributed by atoms with Crippen LogP contribution in [0.2, 0.25) is 5.02 Å². The molecular weight excluding hydrogens is 380 g/mol. The molecule has 1 aromatic carbocycles. The van der Waals surface area contributed by atoms with Crippen LogP contribution in [0.3, 0.4) is 0 Å². The number of ether oxygens (including phenoxy) is 1. The number of piperidine rings is 1. The first-order valence-corrected chi connectivity index (χ1v) is 9.58. The quantitative estimate of drug-likeness (QED) is 0.774. The fourth-order valence-electron chi connectivity index (χ4n) is 3.78. The minimum atomic E-state index is -0.181. The van der Waals surface area contributed by atoms with Gasteiger partial charge >= 0.3 is 6.15 Å². The van der Waals surface area contributed by atoms with Crippen molar-refractivity contribution >= 4 is 23.7 Å². The number of carbonyl (C=O) groups is 1. The number of pyridine rings is 1. The number of nitrogens with zero attached hydrogens (tertiary/aromatic N) is 2. The highest BCUT2D eigenvalue weighted by Gasteiger charge is 2.40. The van der Waals surface area contributed by atoms with Gasteiger partial charge in [-0.1, -0.05) is 29.8 Å². The summed E-state index contributed by atoms with van der Waals surface area (Å²) in [6, 6.07) is 11.6. The van der Waals surface area contributed by atoms with E-state index >= 15 is 0 Å². The highest BCUT2D eigenvalue weighted by atomic mass is 35.5. The molecule has 0 N–H and O–H groups in total. The van der Waals surface area contributed by atoms with Crippen LogP contribution in [0.1, 0.15) is 30.5 Å². The minimum Gasteiger partial charge on any atom is -0.485 e. The summed E-state index contributed by atoms with van der Waals surface area (Å²) in [4.78, 5) is 34.9. The van der Waals surface area contributed by atoms with Crippen molar-refractivity contribution < 1.29 is 19.1 Å². The molecule has 6 nitrogen and oxygen atoms in total. The van der Waals surface area contributed by atoms with Gasteiger partial charge < -0.3 is 9.64 Å². The highest BCUT2D eigenvalue weighted by molar-refractivity contribution is 6.32. The molecule has 28 heavy (non-hydrogen) atoms. The largest absolute Gasteiger partial charge is 0.485 e. The van der Waals surface area contributed by atoms with Gasteiger partial charge in [-0.25, -0.2) is 0 Å². The normalized spacial score (nSPS) is 16.8. The number of carbonyl (C=O) groups excluding carboxylic acids is 3. The number of benzene rings is 1. The zero-order valence-electron chi connectivity index (χ0n) is 15.4. The van der Waals surface area contributed by atoms with E-state index in [2.05, 4.69) is 11.1 Å². The first-order valence-electron chi connectivity index (χ1n) is 9.20. The van der Waals surface area contributed by atoms with Gasteiger partial charge in [-0.05, 0) is 36.6 Å². The van der Waals surface area contributed by atoms with E-state index in [1.54, 1.807) is 6.20 Å². The summed E-state index contributed by atoms with van der Waals surface area (Å²) >= 11 is 6.32. The lowest BCUT2D eigenvalue weighted by atomic mass is 9.83. The van der Waals surface area contributed by atoms with Crippen molar-refractivity contribution in [3.8, 4) is 5.75 Å². The Morgan fingerprint density at radius 1 is 1.14 bits per heavy atom. The van der Waals surface area contributed by atoms with Crippen LogP contribution in [-0.2, 0) is 27.2 Å². The van der Waals surface area contributed by atoms with E-state index in [0.29, 0.717) is 11.4 Å². The van der Waals surface area contributed by atoms with Crippen LogP contribution in [0.25, 0.3) is 0 Å². The van der Waals surface area contributed by atoms with Crippen molar-refractivity contribution in [2.75, 3.05) is 13.1 Å². The van der Waals surface area contributed by atoms with Crippen molar-refractivity contribution in [3.05, 3.63) is 58.9 Å². The number of amides is 1. The van der Waals surface area contributed by atoms with Crippen molar-refractivity contribution in [3.63, 3.8) is 0 Å². The number of para-hydroxylation sites is 1. The molecule has 0 bridgehead atoms. The maximum absolute atomic E-state index is 12.5. The fourth-order valence-corrected chi connectivity index (χ4v) is 4.01. The molecule has 1 amide bonds. The van der Waals surface area contributed by atoms with Crippen LogP contribution in [-0.4, -0.2) is 40.6 Å². The van der Waals surface area contributed by atoms with Crippen molar-refractivity contribution in [2.45, 2.75) is 37.7 Å². The second-order valence-corrected chi connectivity index (χ2v) is 7.38. The minimum absolute atomic E-state index is 0.141. The topological polar surface area (TPSA) is 76.6 Å². The second kappa shape index (κ2) is 9.00. The average Bonchev–Trinajstić information content (AvgIpc) is 2.71. The Balaban J connectivity index is 0.000000706. The van der Waals surface area contributed by atoms with E-state index in [4.69, 9.17) is 25.9 Å². The zero-order chi connectivity index (χ0) is 20.0. The molecule has 1 saturated heterocycles. The van der Waals surface area contributed by atoms with E-state index in [-0.39, 0.29) is 17.7 Å². The van der Waals surface area contributed by atoms with Crippen molar-refractivity contribution in [2.24, 2.45) is 0 Å². The van der Waals surface area contributed by atoms with E-state index in [1.165, 1.54) is 5.56 Å². The standard InChI is InChI=1S/C20H21ClN2O2.CO2/c21-17-6-3-4-15-7-8-20(25-19(15)17)9-12-23(13-10-20)18(24)14-16-5-1-2-11-22-16;2-1-3/h1-6,11H,7-10,12-14H2;. The van der Waals surface area contributed by atoms with Gasteiger partial charge in [-0.2, -0.15) is 9.59 Å². The predicted octanol–water partition coefficient (Wildman–Crippen LogP) is 3.08. The van der Waals surface area contributed by atoms with Gasteiger partial charge in [0.1, 0.15) is 11.4 Å². The fraction of sp³-hybridized carbons (Fsp3) is 0.381. The van der Waals surface area contributed by atoms with Gasteiger partial charge in [0.2, 0.25) is 5.91 Å². The molecule has 2 aromatic rings. The van der Waals surface area contributed by atoms with Gasteiger partial charge in [0.05, 0.1) is 11.4 Å². The number of hydrogen-bond donors (Lipinski definition) is 0. The number of aryl methyl sites for hydroxylation is 1. The monoisotopic (exact) mass is 400 g/mol. The Labute approximate surface area is 168 Å². The molecule has 7 heteroatoms. The molecule has 2 aliphatic heterocycles. The van der Waals surface area contributed by atoms with E-state index in [1.807, 2.05) is 35.2 Å². The number of likely N-dealkylation sites (tertiary alicyclic amines) is 1. The molecule has 0 saturated carbocycles. The van der Waals surface area contributed by atoms with Gasteiger partial charge in [0.15, 0.2) is 0 Å². The molecule has 1 fully saturated rings. The molecule has 0 unspecified atom stereocenters. The summed E-state index contributed by atoms with van der Waals surface area (Å²) in [6.07, 6.45) is 6.02. The Hall–Kier alpha value is -2.69. The van der Waals surface area contributed by atoms with Crippen LogP contribution in [0.15, 0.2) is 42.6 Å². The van der Waals surface area contributed by atoms with Crippen LogP contribution in [0, 0.1) is 0 Å². The SMILES string of the molecule is O=C(Cc1ccccn1)N1CCC2(CCc3cccc(Cl)c3O2)CC1.O=C=O. The van der Waals surface area contributed by atoms with Crippen molar-refractivity contribution in [1.82, 2.24) is 9.88 Å². The van der Waals surface area contributed by atoms with Crippen LogP contribution in [0.5, 0.6) is 5.75 Å². The lowest BCUT2D eigenvalue weighted by Crippen LogP contribution is -2.51. The second-order valence-electron chi connectivity index (χ2n) is 6.98. The molecule has 0 radical (unpaired) electrons. The number of fused-ring (bicyclic) bond motifs is 1. The molecule has 146 valence electrons. The smallest absolute Gasteiger partial charge is 0.373 e. The first-order chi connectivity index (χ1) is 13.6. The van der Waals surface area contributed by atoms with Gasteiger partial charge in [0, 0.05) is 37.8 Å². The lowest BCUT2D eigenvalue weighted by molar-refractivity contribution is -0.191. The van der Waals surface area contributed by atoms with Gasteiger partial charge in [-0.3, -0.25) is 9.78 Å². The number of halogens is 1. The third-order valence-electron chi connectivity index (χ3n) is 5.30. The molecule has 2 aliphatic rings. The van der Waals surface area contributed by atoms with Crippen LogP contribution in [0.4, 0.5) is 0 Å². The zero-order valence-corrected chi connectivity index (χ0v) is 16.2. The van der Waals surface area contributed by atoms with Crippen LogP contribution < -0.4 is 4.74 Å². The van der Waals surface area contributed by atoms with E-state index in [0.717, 1.165) is 50.2 Å². The summed E-state index contributed by atoms with van der Waals surface area (Å²) in [5.41, 5.74) is 1.83. The molecular formula is C21H21ClN2O4. The van der Waals surface area contributed by atoms with Crippen LogP contribution >= 0.6 is 11.6 Å². The molecule has 4 rings (SSSR count). The predicted molar refractivity (Wildman–Crippen MR) is 102 cm³/mol. The highest BCUT2D eigenvalue weighted by Crippen LogP contribution is 2.42. The number of rotatable bonds is 2. The third-order valence-corrected chi connectivity index (χ3v) is 5.60. The Bertz CT molecular complexity index is 858. The van der Waals surface area contributed by atoms with E-state index < -0.39 is 0 Å². The molecule has 0 aliphatic carbocycles. The Morgan fingerprint density at radius 2 is 1.89 bits per heavy atom. The summed E-state index contributed by atoms with van der Waals surface area (Å²) < 4.78 is 6.36. The Kier molecular flexibility index (Phi) is 6.45. The number of aromatic nitrogens is 1. The first kappa shape index (κ1) is 20.1. The molecule has 0 atom stereocenters. The van der Waals surface area contributed by atoms with Gasteiger partial charge in [0.25, 0.3) is 0 Å². The summed E-state index contributed by atoms with van der Waals surface area (Å²) in [7, 11) is 0. The molecule has 1 aromatic heterocycles. The lowest BCUT2D eigenvalue weighted by Gasteiger charge is -2.44. The summed E-state index contributed by atoms with van der Waals surface area (Å²) in [5.74, 6) is 0.978. The number of hydrogen-bond acceptors (Lipinski definition) is 5. The average molecular weight is 401 g/mol.